The van der Waals surface area contributed by atoms with E-state index in [1.165, 1.54) is 10.8 Å². The van der Waals surface area contributed by atoms with Gasteiger partial charge >= 0.3 is 0 Å². The number of pyridine rings is 1. The van der Waals surface area contributed by atoms with Gasteiger partial charge in [-0.1, -0.05) is 97.1 Å². The first-order chi connectivity index (χ1) is 21.2. The minimum Gasteiger partial charge on any atom is -0.656 e. The smallest absolute Gasteiger partial charge is 0.144 e. The second-order valence-corrected chi connectivity index (χ2v) is 10.9. The number of phenols is 1. The number of hydrogen-bond acceptors (Lipinski definition) is 3. The van der Waals surface area contributed by atoms with Gasteiger partial charge in [-0.15, -0.1) is 11.0 Å². The van der Waals surface area contributed by atoms with E-state index in [-0.39, 0.29) is 26.8 Å². The zero-order chi connectivity index (χ0) is 28.5. The quantitative estimate of drug-likeness (QED) is 0.196. The molecular formula is C38H23N4OPt-. The maximum atomic E-state index is 10.5. The van der Waals surface area contributed by atoms with E-state index in [9.17, 15) is 5.11 Å². The van der Waals surface area contributed by atoms with E-state index in [1.54, 1.807) is 6.07 Å². The third kappa shape index (κ3) is 3.97. The normalized spacial score (nSPS) is 11.5. The van der Waals surface area contributed by atoms with Crippen molar-refractivity contribution < 1.29 is 26.2 Å². The Balaban J connectivity index is 0.00000289. The number of rotatable bonds is 3. The molecule has 0 atom stereocenters. The van der Waals surface area contributed by atoms with Gasteiger partial charge in [0.25, 0.3) is 0 Å². The predicted octanol–water partition coefficient (Wildman–Crippen LogP) is 9.03. The van der Waals surface area contributed by atoms with E-state index in [1.807, 2.05) is 54.6 Å². The van der Waals surface area contributed by atoms with E-state index in [0.29, 0.717) is 5.52 Å². The Hall–Kier alpha value is -5.25. The molecule has 3 heterocycles. The summed E-state index contributed by atoms with van der Waals surface area (Å²) in [7, 11) is 0. The van der Waals surface area contributed by atoms with Crippen molar-refractivity contribution in [3.8, 4) is 34.1 Å². The zero-order valence-electron chi connectivity index (χ0n) is 23.3. The summed E-state index contributed by atoms with van der Waals surface area (Å²) in [5, 5.41) is 16.0. The monoisotopic (exact) mass is 746 g/mol. The summed E-state index contributed by atoms with van der Waals surface area (Å²) in [5.74, 6) is 0.978. The van der Waals surface area contributed by atoms with Crippen LogP contribution in [0.25, 0.3) is 82.8 Å². The van der Waals surface area contributed by atoms with Crippen molar-refractivity contribution in [3.05, 3.63) is 133 Å². The number of fused-ring (bicyclic) bond motifs is 6. The van der Waals surface area contributed by atoms with Crippen LogP contribution < -0.4 is 4.98 Å². The number of aromatic hydroxyl groups is 1. The van der Waals surface area contributed by atoms with Gasteiger partial charge in [0.05, 0.1) is 16.7 Å². The summed E-state index contributed by atoms with van der Waals surface area (Å²) in [4.78, 5) is 15.4. The molecule has 0 saturated carbocycles. The fraction of sp³-hybridized carbons (Fsp3) is 0. The average Bonchev–Trinajstić information content (AvgIpc) is 3.62. The molecule has 1 N–H and O–H groups in total. The van der Waals surface area contributed by atoms with E-state index in [0.717, 1.165) is 66.6 Å². The Labute approximate surface area is 266 Å². The van der Waals surface area contributed by atoms with Gasteiger partial charge in [-0.05, 0) is 57.9 Å². The fourth-order valence-corrected chi connectivity index (χ4v) is 6.33. The van der Waals surface area contributed by atoms with Crippen LogP contribution in [0.1, 0.15) is 0 Å². The van der Waals surface area contributed by atoms with Crippen LogP contribution in [0.5, 0.6) is 5.75 Å². The molecule has 0 saturated heterocycles. The topological polar surface area (TPSA) is 65.0 Å². The van der Waals surface area contributed by atoms with Crippen molar-refractivity contribution in [1.82, 2.24) is 19.5 Å². The van der Waals surface area contributed by atoms with Crippen molar-refractivity contribution >= 4 is 54.5 Å². The Morgan fingerprint density at radius 2 is 1.30 bits per heavy atom. The van der Waals surface area contributed by atoms with Gasteiger partial charge < -0.3 is 10.1 Å². The van der Waals surface area contributed by atoms with Crippen LogP contribution in [0.4, 0.5) is 0 Å². The third-order valence-corrected chi connectivity index (χ3v) is 8.34. The number of imidazole rings is 1. The van der Waals surface area contributed by atoms with E-state index in [4.69, 9.17) is 15.0 Å². The molecule has 44 heavy (non-hydrogen) atoms. The van der Waals surface area contributed by atoms with Crippen molar-refractivity contribution in [2.24, 2.45) is 0 Å². The van der Waals surface area contributed by atoms with Gasteiger partial charge in [0.1, 0.15) is 17.1 Å². The molecule has 3 aromatic heterocycles. The van der Waals surface area contributed by atoms with Gasteiger partial charge in [0, 0.05) is 43.3 Å². The summed E-state index contributed by atoms with van der Waals surface area (Å²) >= 11 is 0. The van der Waals surface area contributed by atoms with Gasteiger partial charge in [0.15, 0.2) is 0 Å². The molecule has 212 valence electrons. The number of aromatic nitrogens is 4. The average molecular weight is 747 g/mol. The van der Waals surface area contributed by atoms with E-state index in [2.05, 4.69) is 77.4 Å². The van der Waals surface area contributed by atoms with Crippen LogP contribution in [-0.2, 0) is 21.1 Å². The minimum atomic E-state index is 0. The summed E-state index contributed by atoms with van der Waals surface area (Å²) in [6.45, 7) is 0. The minimum absolute atomic E-state index is 0. The molecule has 0 fully saturated rings. The molecule has 6 aromatic carbocycles. The first-order valence-electron chi connectivity index (χ1n) is 14.3. The summed E-state index contributed by atoms with van der Waals surface area (Å²) < 4.78 is 2.21. The van der Waals surface area contributed by atoms with Crippen LogP contribution in [-0.4, -0.2) is 19.6 Å². The largest absolute Gasteiger partial charge is 0.656 e. The molecule has 0 radical (unpaired) electrons. The maximum absolute atomic E-state index is 10.5. The molecule has 6 heteroatoms. The van der Waals surface area contributed by atoms with Gasteiger partial charge in [-0.2, -0.15) is 0 Å². The Bertz CT molecular complexity index is 2530. The van der Waals surface area contributed by atoms with Crippen LogP contribution >= 0.6 is 0 Å². The summed E-state index contributed by atoms with van der Waals surface area (Å²) in [5.41, 5.74) is 7.92. The van der Waals surface area contributed by atoms with Gasteiger partial charge in [0.2, 0.25) is 0 Å². The van der Waals surface area contributed by atoms with E-state index >= 15 is 0 Å². The molecule has 9 rings (SSSR count). The van der Waals surface area contributed by atoms with Crippen LogP contribution in [0.3, 0.4) is 0 Å². The van der Waals surface area contributed by atoms with Crippen molar-refractivity contribution in [3.63, 3.8) is 0 Å². The number of phenolic OH excluding ortho intramolecular Hbond substituents is 1. The van der Waals surface area contributed by atoms with Crippen molar-refractivity contribution in [1.29, 1.82) is 0 Å². The standard InChI is InChI=1S/C38H23N4O.Pt/c43-34-18-6-11-23-19-20-31(39-35(23)34)28-15-8-17-33-37(28)41-38(42(33)26-12-2-1-3-13-26)29-16-7-14-27-30-21-24-9-4-5-10-25(24)22-32(30)40-36(27)29;/h1-22H,(H-,39,40,41,43);/q-1;. The molecule has 0 unspecified atom stereocenters. The molecule has 9 aromatic rings. The molecule has 0 aliphatic rings. The SMILES string of the molecule is Oc1cccc2ccc(-c3cccc4c3nc(-c3cccc5c3[n-]c3cc6ccccc6cc35)n4-c3ccccc3)nc12.[Pt]. The Morgan fingerprint density at radius 3 is 2.16 bits per heavy atom. The van der Waals surface area contributed by atoms with Gasteiger partial charge in [-0.25, -0.2) is 9.97 Å². The second kappa shape index (κ2) is 10.2. The molecule has 0 aliphatic heterocycles. The number of nitrogens with zero attached hydrogens (tertiary/aromatic N) is 4. The molecule has 5 nitrogen and oxygen atoms in total. The Morgan fingerprint density at radius 1 is 0.568 bits per heavy atom. The second-order valence-electron chi connectivity index (χ2n) is 10.9. The van der Waals surface area contributed by atoms with Gasteiger partial charge in [-0.3, -0.25) is 4.57 Å². The van der Waals surface area contributed by atoms with Crippen molar-refractivity contribution in [2.45, 2.75) is 0 Å². The first kappa shape index (κ1) is 26.4. The van der Waals surface area contributed by atoms with Crippen LogP contribution in [0.2, 0.25) is 0 Å². The van der Waals surface area contributed by atoms with E-state index < -0.39 is 0 Å². The summed E-state index contributed by atoms with van der Waals surface area (Å²) in [6, 6.07) is 45.1. The fourth-order valence-electron chi connectivity index (χ4n) is 6.33. The summed E-state index contributed by atoms with van der Waals surface area (Å²) in [6.07, 6.45) is 0. The van der Waals surface area contributed by atoms with Crippen LogP contribution in [0, 0.1) is 0 Å². The first-order valence-corrected chi connectivity index (χ1v) is 14.3. The maximum Gasteiger partial charge on any atom is 0.144 e. The van der Waals surface area contributed by atoms with Crippen molar-refractivity contribution in [2.75, 3.05) is 0 Å². The Kier molecular flexibility index (Phi) is 6.11. The molecular weight excluding hydrogens is 724 g/mol. The third-order valence-electron chi connectivity index (χ3n) is 8.34. The number of hydrogen-bond donors (Lipinski definition) is 1. The molecule has 0 aliphatic carbocycles. The zero-order valence-corrected chi connectivity index (χ0v) is 25.5. The molecule has 0 bridgehead atoms. The van der Waals surface area contributed by atoms with Crippen LogP contribution in [0.15, 0.2) is 133 Å². The predicted molar refractivity (Wildman–Crippen MR) is 175 cm³/mol. The molecule has 0 amide bonds. The molecule has 0 spiro atoms. The number of benzene rings is 6. The number of para-hydroxylation sites is 4.